The van der Waals surface area contributed by atoms with Crippen molar-refractivity contribution < 1.29 is 19.4 Å². The van der Waals surface area contributed by atoms with Crippen LogP contribution in [-0.4, -0.2) is 56.3 Å². The molecule has 0 bridgehead atoms. The number of halogens is 3. The minimum absolute atomic E-state index is 0.0346. The van der Waals surface area contributed by atoms with E-state index in [9.17, 15) is 14.7 Å². The lowest BCUT2D eigenvalue weighted by molar-refractivity contribution is -0.156. The molecule has 1 saturated carbocycles. The summed E-state index contributed by atoms with van der Waals surface area (Å²) in [5.74, 6) is -0.527. The quantitative estimate of drug-likeness (QED) is 0.381. The monoisotopic (exact) mass is 572 g/mol. The summed E-state index contributed by atoms with van der Waals surface area (Å²) in [5.41, 5.74) is -0.215. The van der Waals surface area contributed by atoms with E-state index in [1.807, 2.05) is 27.7 Å². The van der Waals surface area contributed by atoms with Crippen molar-refractivity contribution in [1.82, 2.24) is 19.7 Å². The first-order chi connectivity index (χ1) is 17.3. The SMILES string of the molecule is CCOC(=O)C1(C)CCC(n2ncc(C(=O)N(CC(O)c3c(Cl)cncc3Cl)CC(C)(C)C)c2Cl)CC1. The van der Waals surface area contributed by atoms with E-state index in [-0.39, 0.29) is 50.6 Å². The number of nitrogens with zero attached hydrogens (tertiary/aromatic N) is 4. The van der Waals surface area contributed by atoms with Crippen LogP contribution in [-0.2, 0) is 9.53 Å². The molecule has 1 N–H and O–H groups in total. The van der Waals surface area contributed by atoms with Gasteiger partial charge in [0.15, 0.2) is 0 Å². The second-order valence-corrected chi connectivity index (χ2v) is 12.3. The van der Waals surface area contributed by atoms with Gasteiger partial charge in [0.1, 0.15) is 5.15 Å². The molecule has 0 aromatic carbocycles. The summed E-state index contributed by atoms with van der Waals surface area (Å²) in [6.45, 7) is 10.4. The summed E-state index contributed by atoms with van der Waals surface area (Å²) in [6, 6.07) is -0.0346. The lowest BCUT2D eigenvalue weighted by Crippen LogP contribution is -2.40. The zero-order chi connectivity index (χ0) is 27.5. The predicted molar refractivity (Wildman–Crippen MR) is 144 cm³/mol. The van der Waals surface area contributed by atoms with Crippen molar-refractivity contribution in [2.24, 2.45) is 10.8 Å². The standard InChI is InChI=1S/C26H35Cl3N4O4/c1-6-37-24(36)26(5)9-7-16(8-10-26)33-22(29)17(11-31-33)23(35)32(15-25(2,3)4)14-20(34)21-18(27)12-30-13-19(21)28/h11-13,16,20,34H,6-10,14-15H2,1-5H3. The third-order valence-corrected chi connectivity index (χ3v) is 7.69. The van der Waals surface area contributed by atoms with Crippen molar-refractivity contribution in [3.05, 3.63) is 44.9 Å². The van der Waals surface area contributed by atoms with E-state index in [1.54, 1.807) is 16.5 Å². The van der Waals surface area contributed by atoms with Gasteiger partial charge in [-0.05, 0) is 44.9 Å². The number of amides is 1. The highest BCUT2D eigenvalue weighted by Crippen LogP contribution is 2.42. The van der Waals surface area contributed by atoms with Gasteiger partial charge in [-0.25, -0.2) is 0 Å². The normalized spacial score (nSPS) is 20.9. The molecule has 0 saturated heterocycles. The molecule has 37 heavy (non-hydrogen) atoms. The molecule has 0 radical (unpaired) electrons. The van der Waals surface area contributed by atoms with Crippen molar-refractivity contribution in [1.29, 1.82) is 0 Å². The van der Waals surface area contributed by atoms with Crippen molar-refractivity contribution in [3.8, 4) is 0 Å². The number of ether oxygens (including phenoxy) is 1. The number of hydrogen-bond donors (Lipinski definition) is 1. The summed E-state index contributed by atoms with van der Waals surface area (Å²) >= 11 is 19.2. The highest BCUT2D eigenvalue weighted by atomic mass is 35.5. The van der Waals surface area contributed by atoms with Crippen molar-refractivity contribution >= 4 is 46.7 Å². The third kappa shape index (κ3) is 6.96. The Morgan fingerprint density at radius 3 is 2.32 bits per heavy atom. The fourth-order valence-electron chi connectivity index (χ4n) is 4.74. The first-order valence-electron chi connectivity index (χ1n) is 12.4. The van der Waals surface area contributed by atoms with Crippen molar-refractivity contribution in [2.75, 3.05) is 19.7 Å². The van der Waals surface area contributed by atoms with Gasteiger partial charge < -0.3 is 14.7 Å². The Hall–Kier alpha value is -1.87. The first kappa shape index (κ1) is 29.7. The molecular formula is C26H35Cl3N4O4. The molecule has 1 aliphatic carbocycles. The predicted octanol–water partition coefficient (Wildman–Crippen LogP) is 6.14. The highest BCUT2D eigenvalue weighted by Gasteiger charge is 2.40. The number of aliphatic hydroxyl groups excluding tert-OH is 1. The number of hydrogen-bond acceptors (Lipinski definition) is 6. The molecule has 1 aliphatic rings. The van der Waals surface area contributed by atoms with Crippen LogP contribution in [0.5, 0.6) is 0 Å². The van der Waals surface area contributed by atoms with Gasteiger partial charge in [-0.1, -0.05) is 55.6 Å². The van der Waals surface area contributed by atoms with Gasteiger partial charge in [-0.3, -0.25) is 19.3 Å². The van der Waals surface area contributed by atoms with Gasteiger partial charge in [0.25, 0.3) is 5.91 Å². The molecule has 1 amide bonds. The molecule has 2 aromatic heterocycles. The van der Waals surface area contributed by atoms with E-state index in [0.717, 1.165) is 0 Å². The number of carbonyl (C=O) groups is 2. The number of esters is 1. The maximum Gasteiger partial charge on any atom is 0.311 e. The smallest absolute Gasteiger partial charge is 0.311 e. The van der Waals surface area contributed by atoms with E-state index in [4.69, 9.17) is 39.5 Å². The van der Waals surface area contributed by atoms with Gasteiger partial charge in [0.2, 0.25) is 0 Å². The Kier molecular flexibility index (Phi) is 9.54. The zero-order valence-electron chi connectivity index (χ0n) is 21.9. The van der Waals surface area contributed by atoms with Crippen LogP contribution in [0.2, 0.25) is 15.2 Å². The Balaban J connectivity index is 1.81. The number of carbonyl (C=O) groups excluding carboxylic acids is 2. The highest BCUT2D eigenvalue weighted by molar-refractivity contribution is 6.35. The zero-order valence-corrected chi connectivity index (χ0v) is 24.2. The molecule has 0 aliphatic heterocycles. The third-order valence-electron chi connectivity index (χ3n) is 6.71. The second kappa shape index (κ2) is 11.9. The van der Waals surface area contributed by atoms with Crippen LogP contribution in [0.4, 0.5) is 0 Å². The number of aromatic nitrogens is 3. The van der Waals surface area contributed by atoms with Gasteiger partial charge in [-0.15, -0.1) is 0 Å². The van der Waals surface area contributed by atoms with E-state index < -0.39 is 11.5 Å². The molecule has 3 rings (SSSR count). The molecule has 0 spiro atoms. The lowest BCUT2D eigenvalue weighted by atomic mass is 9.74. The second-order valence-electron chi connectivity index (χ2n) is 11.1. The largest absolute Gasteiger partial charge is 0.466 e. The lowest BCUT2D eigenvalue weighted by Gasteiger charge is -2.35. The summed E-state index contributed by atoms with van der Waals surface area (Å²) in [6.07, 6.45) is 5.82. The van der Waals surface area contributed by atoms with Crippen LogP contribution in [0.15, 0.2) is 18.6 Å². The van der Waals surface area contributed by atoms with E-state index >= 15 is 0 Å². The average Bonchev–Trinajstić information content (AvgIpc) is 3.19. The van der Waals surface area contributed by atoms with E-state index in [0.29, 0.717) is 44.4 Å². The van der Waals surface area contributed by atoms with Gasteiger partial charge in [0.05, 0.1) is 52.5 Å². The fraction of sp³-hybridized carbons (Fsp3) is 0.615. The number of aliphatic hydroxyl groups is 1. The Morgan fingerprint density at radius 1 is 1.19 bits per heavy atom. The van der Waals surface area contributed by atoms with Crippen LogP contribution in [0.25, 0.3) is 0 Å². The maximum absolute atomic E-state index is 13.7. The molecule has 1 atom stereocenters. The Labute approximate surface area is 233 Å². The maximum atomic E-state index is 13.7. The molecule has 2 heterocycles. The summed E-state index contributed by atoms with van der Waals surface area (Å²) in [4.78, 5) is 31.5. The van der Waals surface area contributed by atoms with Crippen molar-refractivity contribution in [2.45, 2.75) is 72.4 Å². The molecule has 2 aromatic rings. The average molecular weight is 574 g/mol. The topological polar surface area (TPSA) is 97.6 Å². The van der Waals surface area contributed by atoms with Crippen LogP contribution >= 0.6 is 34.8 Å². The summed E-state index contributed by atoms with van der Waals surface area (Å²) in [7, 11) is 0. The van der Waals surface area contributed by atoms with Crippen LogP contribution in [0, 0.1) is 10.8 Å². The molecule has 8 nitrogen and oxygen atoms in total. The molecule has 204 valence electrons. The minimum atomic E-state index is -1.12. The summed E-state index contributed by atoms with van der Waals surface area (Å²) < 4.78 is 6.92. The van der Waals surface area contributed by atoms with Gasteiger partial charge >= 0.3 is 5.97 Å². The molecule has 1 unspecified atom stereocenters. The molecule has 11 heteroatoms. The number of rotatable bonds is 8. The van der Waals surface area contributed by atoms with E-state index in [1.165, 1.54) is 18.6 Å². The van der Waals surface area contributed by atoms with Gasteiger partial charge in [0, 0.05) is 24.5 Å². The summed E-state index contributed by atoms with van der Waals surface area (Å²) in [5, 5.41) is 16.1. The Bertz CT molecular complexity index is 1100. The van der Waals surface area contributed by atoms with Crippen LogP contribution in [0.3, 0.4) is 0 Å². The van der Waals surface area contributed by atoms with Crippen LogP contribution in [0.1, 0.15) is 88.4 Å². The number of pyridine rings is 1. The van der Waals surface area contributed by atoms with Crippen LogP contribution < -0.4 is 0 Å². The van der Waals surface area contributed by atoms with Gasteiger partial charge in [-0.2, -0.15) is 5.10 Å². The minimum Gasteiger partial charge on any atom is -0.466 e. The van der Waals surface area contributed by atoms with E-state index in [2.05, 4.69) is 10.1 Å². The molecule has 1 fully saturated rings. The molecular weight excluding hydrogens is 539 g/mol. The first-order valence-corrected chi connectivity index (χ1v) is 13.6. The van der Waals surface area contributed by atoms with Crippen molar-refractivity contribution in [3.63, 3.8) is 0 Å². The Morgan fingerprint density at radius 2 is 1.78 bits per heavy atom. The fourth-order valence-corrected chi connectivity index (χ4v) is 5.67.